The molecule has 1 saturated carbocycles. The zero-order chi connectivity index (χ0) is 13.7. The molecule has 1 aromatic carbocycles. The highest BCUT2D eigenvalue weighted by molar-refractivity contribution is 5.27. The van der Waals surface area contributed by atoms with E-state index in [4.69, 9.17) is 0 Å². The lowest BCUT2D eigenvalue weighted by molar-refractivity contribution is 0.365. The Morgan fingerprint density at radius 3 is 2.79 bits per heavy atom. The molecule has 1 nitrogen and oxygen atoms in total. The summed E-state index contributed by atoms with van der Waals surface area (Å²) in [5, 5.41) is 3.56. The molecule has 2 heteroatoms. The van der Waals surface area contributed by atoms with E-state index in [1.54, 1.807) is 12.1 Å². The Bertz CT molecular complexity index is 402. The van der Waals surface area contributed by atoms with Crippen molar-refractivity contribution in [2.45, 2.75) is 46.0 Å². The van der Waals surface area contributed by atoms with Crippen LogP contribution in [0.3, 0.4) is 0 Å². The maximum Gasteiger partial charge on any atom is 0.123 e. The van der Waals surface area contributed by atoms with E-state index in [9.17, 15) is 4.39 Å². The van der Waals surface area contributed by atoms with Gasteiger partial charge in [-0.1, -0.05) is 19.4 Å². The SMILES string of the molecule is CCCNCC1CCCC1Cc1ccc(F)cc1C. The summed E-state index contributed by atoms with van der Waals surface area (Å²) in [6, 6.07) is 5.23. The van der Waals surface area contributed by atoms with Gasteiger partial charge in [0.1, 0.15) is 5.82 Å². The summed E-state index contributed by atoms with van der Waals surface area (Å²) in [6.45, 7) is 6.51. The number of rotatable bonds is 6. The van der Waals surface area contributed by atoms with Crippen molar-refractivity contribution in [1.82, 2.24) is 5.32 Å². The molecular formula is C17H26FN. The van der Waals surface area contributed by atoms with Crippen LogP contribution in [0.15, 0.2) is 18.2 Å². The van der Waals surface area contributed by atoms with E-state index in [1.165, 1.54) is 31.2 Å². The van der Waals surface area contributed by atoms with Gasteiger partial charge in [-0.15, -0.1) is 0 Å². The molecule has 19 heavy (non-hydrogen) atoms. The molecule has 1 aromatic rings. The van der Waals surface area contributed by atoms with Gasteiger partial charge in [0.2, 0.25) is 0 Å². The third-order valence-corrected chi connectivity index (χ3v) is 4.44. The van der Waals surface area contributed by atoms with E-state index in [1.807, 2.05) is 13.0 Å². The van der Waals surface area contributed by atoms with Crippen LogP contribution in [-0.2, 0) is 6.42 Å². The van der Waals surface area contributed by atoms with Crippen molar-refractivity contribution in [3.63, 3.8) is 0 Å². The van der Waals surface area contributed by atoms with Crippen molar-refractivity contribution in [3.8, 4) is 0 Å². The molecule has 1 aliphatic carbocycles. The summed E-state index contributed by atoms with van der Waals surface area (Å²) in [6.07, 6.45) is 6.35. The highest BCUT2D eigenvalue weighted by Crippen LogP contribution is 2.34. The largest absolute Gasteiger partial charge is 0.316 e. The van der Waals surface area contributed by atoms with Crippen LogP contribution in [0.5, 0.6) is 0 Å². The van der Waals surface area contributed by atoms with Crippen LogP contribution in [0.2, 0.25) is 0 Å². The normalized spacial score (nSPS) is 22.9. The first-order valence-corrected chi connectivity index (χ1v) is 7.66. The van der Waals surface area contributed by atoms with E-state index < -0.39 is 0 Å². The molecule has 0 saturated heterocycles. The minimum Gasteiger partial charge on any atom is -0.316 e. The number of hydrogen-bond donors (Lipinski definition) is 1. The van der Waals surface area contributed by atoms with Gasteiger partial charge in [-0.3, -0.25) is 0 Å². The Hall–Kier alpha value is -0.890. The van der Waals surface area contributed by atoms with Gasteiger partial charge < -0.3 is 5.32 Å². The van der Waals surface area contributed by atoms with Gasteiger partial charge in [-0.25, -0.2) is 4.39 Å². The second kappa shape index (κ2) is 7.04. The average molecular weight is 263 g/mol. The zero-order valence-electron chi connectivity index (χ0n) is 12.2. The number of nitrogens with one attached hydrogen (secondary N) is 1. The van der Waals surface area contributed by atoms with E-state index in [0.717, 1.165) is 36.9 Å². The van der Waals surface area contributed by atoms with Gasteiger partial charge in [-0.2, -0.15) is 0 Å². The predicted octanol–water partition coefficient (Wildman–Crippen LogP) is 4.09. The number of benzene rings is 1. The fourth-order valence-corrected chi connectivity index (χ4v) is 3.29. The third-order valence-electron chi connectivity index (χ3n) is 4.44. The van der Waals surface area contributed by atoms with Gasteiger partial charge in [0.15, 0.2) is 0 Å². The smallest absolute Gasteiger partial charge is 0.123 e. The lowest BCUT2D eigenvalue weighted by Crippen LogP contribution is -2.26. The van der Waals surface area contributed by atoms with Gasteiger partial charge in [-0.05, 0) is 80.8 Å². The van der Waals surface area contributed by atoms with Crippen LogP contribution >= 0.6 is 0 Å². The first-order chi connectivity index (χ1) is 9.20. The summed E-state index contributed by atoms with van der Waals surface area (Å²) in [7, 11) is 0. The molecule has 2 unspecified atom stereocenters. The molecule has 0 aliphatic heterocycles. The standard InChI is InChI=1S/C17H26FN/c1-3-9-19-12-16-6-4-5-15(16)11-14-7-8-17(18)10-13(14)2/h7-8,10,15-16,19H,3-6,9,11-12H2,1-2H3. The number of halogens is 1. The summed E-state index contributed by atoms with van der Waals surface area (Å²) in [4.78, 5) is 0. The van der Waals surface area contributed by atoms with Crippen molar-refractivity contribution in [2.75, 3.05) is 13.1 Å². The molecule has 0 spiro atoms. The maximum absolute atomic E-state index is 13.1. The molecule has 106 valence electrons. The van der Waals surface area contributed by atoms with Crippen LogP contribution in [0, 0.1) is 24.6 Å². The van der Waals surface area contributed by atoms with Crippen LogP contribution < -0.4 is 5.32 Å². The molecule has 0 amide bonds. The molecule has 1 aliphatic rings. The fourth-order valence-electron chi connectivity index (χ4n) is 3.29. The summed E-state index contributed by atoms with van der Waals surface area (Å²) < 4.78 is 13.1. The molecule has 2 atom stereocenters. The Balaban J connectivity index is 1.93. The average Bonchev–Trinajstić information content (AvgIpc) is 2.81. The van der Waals surface area contributed by atoms with Gasteiger partial charge in [0.05, 0.1) is 0 Å². The van der Waals surface area contributed by atoms with E-state index in [0.29, 0.717) is 0 Å². The Morgan fingerprint density at radius 2 is 2.05 bits per heavy atom. The van der Waals surface area contributed by atoms with Crippen LogP contribution in [-0.4, -0.2) is 13.1 Å². The fraction of sp³-hybridized carbons (Fsp3) is 0.647. The van der Waals surface area contributed by atoms with E-state index in [-0.39, 0.29) is 5.82 Å². The highest BCUT2D eigenvalue weighted by atomic mass is 19.1. The molecule has 2 rings (SSSR count). The number of hydrogen-bond acceptors (Lipinski definition) is 1. The summed E-state index contributed by atoms with van der Waals surface area (Å²) >= 11 is 0. The first kappa shape index (κ1) is 14.5. The molecular weight excluding hydrogens is 237 g/mol. The molecule has 1 fully saturated rings. The topological polar surface area (TPSA) is 12.0 Å². The lowest BCUT2D eigenvalue weighted by atomic mass is 9.88. The van der Waals surface area contributed by atoms with Gasteiger partial charge >= 0.3 is 0 Å². The minimum absolute atomic E-state index is 0.117. The van der Waals surface area contributed by atoms with Crippen molar-refractivity contribution >= 4 is 0 Å². The van der Waals surface area contributed by atoms with E-state index >= 15 is 0 Å². The summed E-state index contributed by atoms with van der Waals surface area (Å²) in [5.41, 5.74) is 2.43. The van der Waals surface area contributed by atoms with Crippen molar-refractivity contribution in [3.05, 3.63) is 35.1 Å². The second-order valence-corrected chi connectivity index (χ2v) is 5.93. The van der Waals surface area contributed by atoms with Gasteiger partial charge in [0.25, 0.3) is 0 Å². The lowest BCUT2D eigenvalue weighted by Gasteiger charge is -2.21. The van der Waals surface area contributed by atoms with Crippen molar-refractivity contribution in [2.24, 2.45) is 11.8 Å². The van der Waals surface area contributed by atoms with Crippen LogP contribution in [0.25, 0.3) is 0 Å². The number of aryl methyl sites for hydroxylation is 1. The Morgan fingerprint density at radius 1 is 1.26 bits per heavy atom. The monoisotopic (exact) mass is 263 g/mol. The maximum atomic E-state index is 13.1. The van der Waals surface area contributed by atoms with Crippen LogP contribution in [0.4, 0.5) is 4.39 Å². The van der Waals surface area contributed by atoms with Crippen molar-refractivity contribution in [1.29, 1.82) is 0 Å². The molecule has 0 aromatic heterocycles. The minimum atomic E-state index is -0.117. The van der Waals surface area contributed by atoms with Crippen molar-refractivity contribution < 1.29 is 4.39 Å². The van der Waals surface area contributed by atoms with E-state index in [2.05, 4.69) is 12.2 Å². The summed E-state index contributed by atoms with van der Waals surface area (Å²) in [5.74, 6) is 1.46. The highest BCUT2D eigenvalue weighted by Gasteiger charge is 2.27. The zero-order valence-corrected chi connectivity index (χ0v) is 12.2. The predicted molar refractivity (Wildman–Crippen MR) is 78.8 cm³/mol. The quantitative estimate of drug-likeness (QED) is 0.762. The molecule has 0 radical (unpaired) electrons. The van der Waals surface area contributed by atoms with Gasteiger partial charge in [0, 0.05) is 0 Å². The molecule has 0 bridgehead atoms. The first-order valence-electron chi connectivity index (χ1n) is 7.66. The Kier molecular flexibility index (Phi) is 5.38. The molecule has 1 N–H and O–H groups in total. The Labute approximate surface area is 116 Å². The van der Waals surface area contributed by atoms with Crippen LogP contribution in [0.1, 0.15) is 43.7 Å². The third kappa shape index (κ3) is 4.04. The molecule has 0 heterocycles. The second-order valence-electron chi connectivity index (χ2n) is 5.93.